The van der Waals surface area contributed by atoms with Crippen molar-refractivity contribution in [3.63, 3.8) is 0 Å². The van der Waals surface area contributed by atoms with Crippen LogP contribution in [0, 0.1) is 0 Å². The molecule has 0 bridgehead atoms. The van der Waals surface area contributed by atoms with E-state index < -0.39 is 6.61 Å². The topological polar surface area (TPSA) is 77.2 Å². The van der Waals surface area contributed by atoms with Crippen molar-refractivity contribution < 1.29 is 22.8 Å². The Morgan fingerprint density at radius 2 is 2.18 bits per heavy atom. The molecular formula is C20H17F2N3O3. The van der Waals surface area contributed by atoms with Crippen molar-refractivity contribution in [3.8, 4) is 17.1 Å². The van der Waals surface area contributed by atoms with Crippen LogP contribution in [0.1, 0.15) is 40.5 Å². The third-order valence-corrected chi connectivity index (χ3v) is 4.65. The lowest BCUT2D eigenvalue weighted by Gasteiger charge is -2.26. The third-order valence-electron chi connectivity index (χ3n) is 4.65. The molecule has 1 aromatic carbocycles. The van der Waals surface area contributed by atoms with Crippen LogP contribution in [0.3, 0.4) is 0 Å². The van der Waals surface area contributed by atoms with E-state index in [1.807, 2.05) is 6.07 Å². The molecule has 2 heterocycles. The summed E-state index contributed by atoms with van der Waals surface area (Å²) < 4.78 is 34.5. The number of rotatable bonds is 5. The van der Waals surface area contributed by atoms with E-state index in [2.05, 4.69) is 20.2 Å². The second-order valence-electron chi connectivity index (χ2n) is 6.48. The lowest BCUT2D eigenvalue weighted by atomic mass is 9.87. The molecule has 0 fully saturated rings. The maximum Gasteiger partial charge on any atom is 0.387 e. The number of ether oxygens (including phenoxy) is 1. The first kappa shape index (κ1) is 18.1. The van der Waals surface area contributed by atoms with Gasteiger partial charge in [0.1, 0.15) is 5.75 Å². The molecule has 0 spiro atoms. The highest BCUT2D eigenvalue weighted by Crippen LogP contribution is 2.33. The number of fused-ring (bicyclic) bond motifs is 1. The minimum atomic E-state index is -2.86. The van der Waals surface area contributed by atoms with Gasteiger partial charge in [-0.05, 0) is 54.7 Å². The SMILES string of the molecule is O=C(N[C@@H]1CCCc2cc(OC(F)F)ccc21)c1cc(-c2cccnc2)on1. The Balaban J connectivity index is 1.50. The maximum absolute atomic E-state index is 12.6. The van der Waals surface area contributed by atoms with Crippen LogP contribution >= 0.6 is 0 Å². The summed E-state index contributed by atoms with van der Waals surface area (Å²) >= 11 is 0. The molecular weight excluding hydrogens is 368 g/mol. The summed E-state index contributed by atoms with van der Waals surface area (Å²) in [7, 11) is 0. The van der Waals surface area contributed by atoms with Crippen LogP contribution in [0.2, 0.25) is 0 Å². The molecule has 6 nitrogen and oxygen atoms in total. The van der Waals surface area contributed by atoms with Gasteiger partial charge in [-0.3, -0.25) is 9.78 Å². The number of carbonyl (C=O) groups excluding carboxylic acids is 1. The number of nitrogens with zero attached hydrogens (tertiary/aromatic N) is 2. The molecule has 0 aliphatic heterocycles. The maximum atomic E-state index is 12.6. The number of hydrogen-bond donors (Lipinski definition) is 1. The Morgan fingerprint density at radius 3 is 2.96 bits per heavy atom. The number of aryl methyl sites for hydroxylation is 1. The summed E-state index contributed by atoms with van der Waals surface area (Å²) in [5.41, 5.74) is 2.69. The number of halogens is 2. The van der Waals surface area contributed by atoms with Gasteiger partial charge in [-0.1, -0.05) is 11.2 Å². The molecule has 1 aliphatic carbocycles. The highest BCUT2D eigenvalue weighted by molar-refractivity contribution is 5.93. The van der Waals surface area contributed by atoms with Crippen molar-refractivity contribution in [2.45, 2.75) is 31.9 Å². The van der Waals surface area contributed by atoms with Gasteiger partial charge in [-0.25, -0.2) is 0 Å². The highest BCUT2D eigenvalue weighted by atomic mass is 19.3. The number of alkyl halides is 2. The van der Waals surface area contributed by atoms with E-state index in [4.69, 9.17) is 4.52 Å². The van der Waals surface area contributed by atoms with Gasteiger partial charge >= 0.3 is 6.61 Å². The van der Waals surface area contributed by atoms with E-state index in [0.29, 0.717) is 5.76 Å². The summed E-state index contributed by atoms with van der Waals surface area (Å²) in [6.45, 7) is -2.86. The number of pyridine rings is 1. The molecule has 1 aliphatic rings. The fourth-order valence-electron chi connectivity index (χ4n) is 3.38. The fourth-order valence-corrected chi connectivity index (χ4v) is 3.38. The molecule has 1 amide bonds. The Morgan fingerprint density at radius 1 is 1.29 bits per heavy atom. The van der Waals surface area contributed by atoms with Crippen LogP contribution in [0.4, 0.5) is 8.78 Å². The summed E-state index contributed by atoms with van der Waals surface area (Å²) in [5, 5.41) is 6.79. The molecule has 0 radical (unpaired) electrons. The Kier molecular flexibility index (Phi) is 5.01. The molecule has 0 saturated heterocycles. The number of nitrogens with one attached hydrogen (secondary N) is 1. The Hall–Kier alpha value is -3.29. The van der Waals surface area contributed by atoms with E-state index in [1.54, 1.807) is 36.7 Å². The van der Waals surface area contributed by atoms with Crippen molar-refractivity contribution >= 4 is 5.91 Å². The van der Waals surface area contributed by atoms with E-state index >= 15 is 0 Å². The van der Waals surface area contributed by atoms with Gasteiger partial charge in [0, 0.05) is 24.0 Å². The van der Waals surface area contributed by atoms with Crippen LogP contribution in [-0.2, 0) is 6.42 Å². The molecule has 0 unspecified atom stereocenters. The minimum absolute atomic E-state index is 0.123. The van der Waals surface area contributed by atoms with E-state index in [9.17, 15) is 13.6 Å². The van der Waals surface area contributed by atoms with E-state index in [0.717, 1.165) is 36.0 Å². The molecule has 2 aromatic heterocycles. The van der Waals surface area contributed by atoms with Gasteiger partial charge in [0.2, 0.25) is 0 Å². The molecule has 0 saturated carbocycles. The number of carbonyl (C=O) groups is 1. The van der Waals surface area contributed by atoms with Crippen LogP contribution in [0.25, 0.3) is 11.3 Å². The number of aromatic nitrogens is 2. The Labute approximate surface area is 159 Å². The molecule has 4 rings (SSSR count). The molecule has 3 aromatic rings. The van der Waals surface area contributed by atoms with Gasteiger partial charge in [0.15, 0.2) is 11.5 Å². The first-order valence-electron chi connectivity index (χ1n) is 8.86. The lowest BCUT2D eigenvalue weighted by molar-refractivity contribution is -0.0499. The smallest absolute Gasteiger partial charge is 0.387 e. The molecule has 1 N–H and O–H groups in total. The number of hydrogen-bond acceptors (Lipinski definition) is 5. The standard InChI is InChI=1S/C20H17F2N3O3/c21-20(22)27-14-6-7-15-12(9-14)3-1-5-16(15)24-19(26)17-10-18(28-25-17)13-4-2-8-23-11-13/h2,4,6-11,16,20H,1,3,5H2,(H,24,26)/t16-/m1/s1. The van der Waals surface area contributed by atoms with Crippen LogP contribution in [0.15, 0.2) is 53.3 Å². The van der Waals surface area contributed by atoms with Crippen LogP contribution < -0.4 is 10.1 Å². The number of benzene rings is 1. The first-order valence-corrected chi connectivity index (χ1v) is 8.86. The van der Waals surface area contributed by atoms with Crippen molar-refractivity contribution in [2.75, 3.05) is 0 Å². The zero-order valence-electron chi connectivity index (χ0n) is 14.8. The van der Waals surface area contributed by atoms with Crippen molar-refractivity contribution in [1.29, 1.82) is 0 Å². The normalized spacial score (nSPS) is 15.9. The largest absolute Gasteiger partial charge is 0.435 e. The second kappa shape index (κ2) is 7.75. The minimum Gasteiger partial charge on any atom is -0.435 e. The monoisotopic (exact) mass is 385 g/mol. The van der Waals surface area contributed by atoms with E-state index in [1.165, 1.54) is 6.07 Å². The number of amides is 1. The third kappa shape index (κ3) is 3.85. The molecule has 144 valence electrons. The quantitative estimate of drug-likeness (QED) is 0.714. The van der Waals surface area contributed by atoms with Gasteiger partial charge in [-0.15, -0.1) is 0 Å². The molecule has 28 heavy (non-hydrogen) atoms. The summed E-state index contributed by atoms with van der Waals surface area (Å²) in [6, 6.07) is 9.74. The van der Waals surface area contributed by atoms with Gasteiger partial charge in [0.25, 0.3) is 5.91 Å². The van der Waals surface area contributed by atoms with E-state index in [-0.39, 0.29) is 23.4 Å². The van der Waals surface area contributed by atoms with Crippen LogP contribution in [0.5, 0.6) is 5.75 Å². The average molecular weight is 385 g/mol. The zero-order chi connectivity index (χ0) is 19.5. The lowest BCUT2D eigenvalue weighted by Crippen LogP contribution is -2.31. The molecule has 1 atom stereocenters. The Bertz CT molecular complexity index is 976. The summed E-state index contributed by atoms with van der Waals surface area (Å²) in [6.07, 6.45) is 5.60. The fraction of sp³-hybridized carbons (Fsp3) is 0.250. The van der Waals surface area contributed by atoms with Gasteiger partial charge < -0.3 is 14.6 Å². The second-order valence-corrected chi connectivity index (χ2v) is 6.48. The van der Waals surface area contributed by atoms with Crippen molar-refractivity contribution in [2.24, 2.45) is 0 Å². The predicted molar refractivity (Wildman–Crippen MR) is 96.0 cm³/mol. The highest BCUT2D eigenvalue weighted by Gasteiger charge is 2.24. The first-order chi connectivity index (χ1) is 13.6. The zero-order valence-corrected chi connectivity index (χ0v) is 14.8. The predicted octanol–water partition coefficient (Wildman–Crippen LogP) is 4.15. The van der Waals surface area contributed by atoms with Crippen molar-refractivity contribution in [1.82, 2.24) is 15.5 Å². The van der Waals surface area contributed by atoms with Crippen molar-refractivity contribution in [3.05, 3.63) is 65.6 Å². The van der Waals surface area contributed by atoms with Gasteiger partial charge in [-0.2, -0.15) is 8.78 Å². The van der Waals surface area contributed by atoms with Gasteiger partial charge in [0.05, 0.1) is 6.04 Å². The molecule has 8 heteroatoms. The summed E-state index contributed by atoms with van der Waals surface area (Å²) in [5.74, 6) is 0.221. The average Bonchev–Trinajstić information content (AvgIpc) is 3.19. The van der Waals surface area contributed by atoms with Crippen LogP contribution in [-0.4, -0.2) is 22.7 Å². The summed E-state index contributed by atoms with van der Waals surface area (Å²) in [4.78, 5) is 16.6.